The Morgan fingerprint density at radius 2 is 1.78 bits per heavy atom. The quantitative estimate of drug-likeness (QED) is 0.259. The number of ether oxygens (including phenoxy) is 2. The zero-order chi connectivity index (χ0) is 37.1. The topological polar surface area (TPSA) is 186 Å². The highest BCUT2D eigenvalue weighted by molar-refractivity contribution is 7.91. The number of aromatic nitrogens is 1. The van der Waals surface area contributed by atoms with Gasteiger partial charge in [0.05, 0.1) is 18.1 Å². The second-order valence-electron chi connectivity index (χ2n) is 15.7. The van der Waals surface area contributed by atoms with Crippen LogP contribution < -0.4 is 20.1 Å². The van der Waals surface area contributed by atoms with Crippen LogP contribution in [-0.2, 0) is 29.1 Å². The van der Waals surface area contributed by atoms with Crippen molar-refractivity contribution in [2.75, 3.05) is 6.54 Å². The molecule has 4 amide bonds. The van der Waals surface area contributed by atoms with Crippen LogP contribution in [0.2, 0.25) is 0 Å². The summed E-state index contributed by atoms with van der Waals surface area (Å²) in [7, 11) is -3.90. The fraction of sp³-hybridized carbons (Fsp3) is 0.528. The average molecular weight is 724 g/mol. The number of amides is 4. The van der Waals surface area contributed by atoms with Crippen molar-refractivity contribution in [3.05, 3.63) is 49.4 Å². The van der Waals surface area contributed by atoms with Crippen LogP contribution in [0.25, 0.3) is 21.7 Å². The maximum absolute atomic E-state index is 14.5. The molecule has 0 unspecified atom stereocenters. The molecule has 0 bridgehead atoms. The summed E-state index contributed by atoms with van der Waals surface area (Å²) in [4.78, 5) is 60.9. The summed E-state index contributed by atoms with van der Waals surface area (Å²) in [5.74, 6) is -2.31. The molecule has 3 fully saturated rings. The van der Waals surface area contributed by atoms with Gasteiger partial charge in [0.25, 0.3) is 5.91 Å². The van der Waals surface area contributed by atoms with Crippen LogP contribution in [0.1, 0.15) is 67.2 Å². The van der Waals surface area contributed by atoms with Gasteiger partial charge in [-0.3, -0.25) is 19.1 Å². The van der Waals surface area contributed by atoms with Crippen molar-refractivity contribution < 1.29 is 41.5 Å². The van der Waals surface area contributed by atoms with Gasteiger partial charge in [0.2, 0.25) is 27.7 Å². The highest BCUT2D eigenvalue weighted by atomic mass is 32.2. The Hall–Kier alpha value is -4.66. The summed E-state index contributed by atoms with van der Waals surface area (Å²) < 4.78 is 44.9. The van der Waals surface area contributed by atoms with Crippen molar-refractivity contribution >= 4 is 55.6 Å². The van der Waals surface area contributed by atoms with Crippen molar-refractivity contribution in [2.24, 2.45) is 11.3 Å². The SMILES string of the molecule is C=C[C@@H]1C[C@]1(NC(=O)[C@H]1C[C@@H](Oc2nccc3c2ccc2occc23)CN1C(=O)[C@@H](NC(=O)OC(C)(C)C)C(C)(C)C)C(=O)NS(=O)(=O)C1CC1. The Morgan fingerprint density at radius 1 is 1.06 bits per heavy atom. The third-order valence-electron chi connectivity index (χ3n) is 9.49. The molecule has 2 aliphatic carbocycles. The predicted octanol–water partition coefficient (Wildman–Crippen LogP) is 3.94. The maximum atomic E-state index is 14.5. The van der Waals surface area contributed by atoms with Crippen molar-refractivity contribution in [3.8, 4) is 5.88 Å². The van der Waals surface area contributed by atoms with Crippen molar-refractivity contribution in [1.29, 1.82) is 0 Å². The number of hydrogen-bond acceptors (Lipinski definition) is 10. The summed E-state index contributed by atoms with van der Waals surface area (Å²) >= 11 is 0. The number of carbonyl (C=O) groups excluding carboxylic acids is 4. The molecule has 1 aromatic carbocycles. The molecular formula is C36H45N5O9S. The first kappa shape index (κ1) is 36.1. The lowest BCUT2D eigenvalue weighted by molar-refractivity contribution is -0.143. The van der Waals surface area contributed by atoms with Gasteiger partial charge in [0, 0.05) is 29.3 Å². The van der Waals surface area contributed by atoms with Gasteiger partial charge in [-0.15, -0.1) is 6.58 Å². The second-order valence-corrected chi connectivity index (χ2v) is 17.7. The lowest BCUT2D eigenvalue weighted by atomic mass is 9.85. The zero-order valence-corrected chi connectivity index (χ0v) is 30.5. The highest BCUT2D eigenvalue weighted by Gasteiger charge is 2.62. The molecule has 3 heterocycles. The molecule has 14 nitrogen and oxygen atoms in total. The normalized spacial score (nSPS) is 24.1. The maximum Gasteiger partial charge on any atom is 0.408 e. The van der Waals surface area contributed by atoms with E-state index in [9.17, 15) is 27.6 Å². The molecular weight excluding hydrogens is 678 g/mol. The number of furan rings is 1. The van der Waals surface area contributed by atoms with Gasteiger partial charge < -0.3 is 29.4 Å². The Kier molecular flexibility index (Phi) is 9.10. The molecule has 3 aliphatic rings. The van der Waals surface area contributed by atoms with Crippen molar-refractivity contribution in [3.63, 3.8) is 0 Å². The molecule has 5 atom stereocenters. The molecule has 2 aromatic heterocycles. The van der Waals surface area contributed by atoms with Crippen LogP contribution in [0.5, 0.6) is 5.88 Å². The van der Waals surface area contributed by atoms with Crippen LogP contribution in [0.3, 0.4) is 0 Å². The fourth-order valence-corrected chi connectivity index (χ4v) is 7.93. The van der Waals surface area contributed by atoms with Crippen LogP contribution in [0.4, 0.5) is 4.79 Å². The molecule has 1 saturated heterocycles. The van der Waals surface area contributed by atoms with E-state index in [1.165, 1.54) is 11.0 Å². The number of carbonyl (C=O) groups is 4. The third-order valence-corrected chi connectivity index (χ3v) is 11.3. The zero-order valence-electron chi connectivity index (χ0n) is 29.6. The first-order valence-electron chi connectivity index (χ1n) is 17.1. The first-order valence-corrected chi connectivity index (χ1v) is 18.6. The molecule has 1 aliphatic heterocycles. The second kappa shape index (κ2) is 12.8. The molecule has 6 rings (SSSR count). The van der Waals surface area contributed by atoms with E-state index < -0.39 is 79.7 Å². The largest absolute Gasteiger partial charge is 0.472 e. The Balaban J connectivity index is 1.30. The molecule has 3 aromatic rings. The minimum Gasteiger partial charge on any atom is -0.472 e. The van der Waals surface area contributed by atoms with Crippen molar-refractivity contribution in [2.45, 2.75) is 102 Å². The molecule has 0 radical (unpaired) electrons. The lowest BCUT2D eigenvalue weighted by Gasteiger charge is -2.36. The van der Waals surface area contributed by atoms with E-state index in [4.69, 9.17) is 13.9 Å². The Bertz CT molecular complexity index is 2010. The number of fused-ring (bicyclic) bond motifs is 3. The number of benzene rings is 1. The van der Waals surface area contributed by atoms with E-state index in [1.807, 2.05) is 24.3 Å². The van der Waals surface area contributed by atoms with Crippen molar-refractivity contribution in [1.82, 2.24) is 25.2 Å². The molecule has 2 saturated carbocycles. The molecule has 274 valence electrons. The Morgan fingerprint density at radius 3 is 2.41 bits per heavy atom. The summed E-state index contributed by atoms with van der Waals surface area (Å²) in [6.07, 6.45) is 4.25. The highest BCUT2D eigenvalue weighted by Crippen LogP contribution is 2.45. The summed E-state index contributed by atoms with van der Waals surface area (Å²) in [6.45, 7) is 14.2. The van der Waals surface area contributed by atoms with Gasteiger partial charge in [-0.1, -0.05) is 26.8 Å². The van der Waals surface area contributed by atoms with Gasteiger partial charge in [-0.2, -0.15) is 0 Å². The van der Waals surface area contributed by atoms with Gasteiger partial charge in [-0.05, 0) is 75.1 Å². The summed E-state index contributed by atoms with van der Waals surface area (Å²) in [6, 6.07) is 5.05. The summed E-state index contributed by atoms with van der Waals surface area (Å²) in [5.41, 5.74) is -2.50. The molecule has 0 spiro atoms. The number of nitrogens with zero attached hydrogens (tertiary/aromatic N) is 2. The monoisotopic (exact) mass is 723 g/mol. The van der Waals surface area contributed by atoms with Crippen LogP contribution >= 0.6 is 0 Å². The average Bonchev–Trinajstić information content (AvgIpc) is 3.92. The lowest BCUT2D eigenvalue weighted by Crippen LogP contribution is -2.60. The van der Waals surface area contributed by atoms with Gasteiger partial charge in [-0.25, -0.2) is 18.2 Å². The number of sulfonamides is 1. The molecule has 3 N–H and O–H groups in total. The van der Waals surface area contributed by atoms with Gasteiger partial charge >= 0.3 is 6.09 Å². The summed E-state index contributed by atoms with van der Waals surface area (Å²) in [5, 5.41) is 7.26. The number of likely N-dealkylation sites (tertiary alicyclic amines) is 1. The number of rotatable bonds is 10. The van der Waals surface area contributed by atoms with Crippen LogP contribution in [-0.4, -0.2) is 83.2 Å². The standard InChI is InChI=1S/C36H45N5O9S/c1-8-20-18-36(20,32(44)40-51(46,47)22-9-10-22)39-29(42)26-17-21(49-30-25-11-12-27-24(14-16-48-27)23(25)13-15-37-30)19-41(26)31(43)28(34(2,3)4)38-33(45)50-35(5,6)7/h8,11-16,20-22,26,28H,1,9-10,17-19H2,2-7H3,(H,38,45)(H,39,42)(H,40,44)/t20-,21-,26-,28-,36-/m1/s1. The van der Waals surface area contributed by atoms with Crippen LogP contribution in [0, 0.1) is 11.3 Å². The van der Waals surface area contributed by atoms with E-state index in [-0.39, 0.29) is 19.4 Å². The van der Waals surface area contributed by atoms with E-state index >= 15 is 0 Å². The van der Waals surface area contributed by atoms with E-state index in [1.54, 1.807) is 54.0 Å². The number of pyridine rings is 1. The number of hydrogen-bond donors (Lipinski definition) is 3. The third kappa shape index (κ3) is 7.39. The smallest absolute Gasteiger partial charge is 0.408 e. The van der Waals surface area contributed by atoms with Crippen LogP contribution in [0.15, 0.2) is 53.8 Å². The van der Waals surface area contributed by atoms with E-state index in [0.29, 0.717) is 29.7 Å². The Labute approximate surface area is 296 Å². The number of alkyl carbamates (subject to hydrolysis) is 1. The minimum atomic E-state index is -3.90. The molecule has 51 heavy (non-hydrogen) atoms. The van der Waals surface area contributed by atoms with Gasteiger partial charge in [0.15, 0.2) is 0 Å². The fourth-order valence-electron chi connectivity index (χ4n) is 6.57. The number of nitrogens with one attached hydrogen (secondary N) is 3. The van der Waals surface area contributed by atoms with Gasteiger partial charge in [0.1, 0.15) is 34.9 Å². The molecule has 15 heteroatoms. The minimum absolute atomic E-state index is 0.0176. The van der Waals surface area contributed by atoms with E-state index in [0.717, 1.165) is 10.8 Å². The predicted molar refractivity (Wildman–Crippen MR) is 188 cm³/mol. The van der Waals surface area contributed by atoms with E-state index in [2.05, 4.69) is 26.9 Å². The first-order chi connectivity index (χ1) is 23.8.